The van der Waals surface area contributed by atoms with E-state index in [0.29, 0.717) is 6.42 Å². The van der Waals surface area contributed by atoms with Gasteiger partial charge in [-0.3, -0.25) is 4.79 Å². The summed E-state index contributed by atoms with van der Waals surface area (Å²) in [6.07, 6.45) is 2.94. The molecule has 1 aliphatic heterocycles. The van der Waals surface area contributed by atoms with Crippen LogP contribution in [-0.4, -0.2) is 53.9 Å². The molecule has 0 spiro atoms. The predicted octanol–water partition coefficient (Wildman–Crippen LogP) is 2.85. The molecule has 3 amide bonds. The number of unbranched alkanes of at least 4 members (excludes halogenated alkanes) is 2. The molecule has 0 radical (unpaired) electrons. The number of hydrogen-bond acceptors (Lipinski definition) is 5. The highest BCUT2D eigenvalue weighted by molar-refractivity contribution is 5.99. The number of aryl methyl sites for hydroxylation is 1. The van der Waals surface area contributed by atoms with E-state index in [2.05, 4.69) is 17.4 Å². The number of benzene rings is 1. The van der Waals surface area contributed by atoms with Gasteiger partial charge in [0.2, 0.25) is 6.04 Å². The van der Waals surface area contributed by atoms with Crippen LogP contribution >= 0.6 is 0 Å². The van der Waals surface area contributed by atoms with Crippen LogP contribution in [0.5, 0.6) is 0 Å². The van der Waals surface area contributed by atoms with Crippen LogP contribution in [0.4, 0.5) is 0 Å². The number of likely N-dealkylation sites (tertiary alicyclic amines) is 1. The molecule has 7 heteroatoms. The van der Waals surface area contributed by atoms with Crippen LogP contribution in [0.15, 0.2) is 30.3 Å². The number of methoxy groups -OCH3 is 1. The predicted molar refractivity (Wildman–Crippen MR) is 112 cm³/mol. The van der Waals surface area contributed by atoms with Gasteiger partial charge in [0.15, 0.2) is 6.10 Å². The maximum atomic E-state index is 13.2. The number of carbonyl (C=O) groups is 3. The van der Waals surface area contributed by atoms with Crippen LogP contribution in [0, 0.1) is 11.3 Å². The Hall–Kier alpha value is -2.09. The lowest BCUT2D eigenvalue weighted by Gasteiger charge is -2.36. The first-order chi connectivity index (χ1) is 14.1. The van der Waals surface area contributed by atoms with E-state index in [4.69, 9.17) is 4.74 Å². The highest BCUT2D eigenvalue weighted by Crippen LogP contribution is 2.39. The Bertz CT molecular complexity index is 759. The molecule has 1 aromatic carbocycles. The molecule has 2 rings (SSSR count). The summed E-state index contributed by atoms with van der Waals surface area (Å²) in [4.78, 5) is 38.8. The third-order valence-electron chi connectivity index (χ3n) is 5.86. The van der Waals surface area contributed by atoms with Crippen molar-refractivity contribution in [3.05, 3.63) is 35.9 Å². The Kier molecular flexibility index (Phi) is 7.91. The molecule has 1 saturated heterocycles. The molecule has 0 aromatic heterocycles. The fourth-order valence-electron chi connectivity index (χ4n) is 4.43. The molecule has 1 heterocycles. The average molecular weight is 420 g/mol. The van der Waals surface area contributed by atoms with Crippen LogP contribution in [0.25, 0.3) is 0 Å². The molecule has 4 atom stereocenters. The molecule has 2 N–H and O–H groups in total. The van der Waals surface area contributed by atoms with Gasteiger partial charge in [-0.1, -0.05) is 63.9 Å². The number of quaternary nitrogens is 1. The van der Waals surface area contributed by atoms with E-state index in [1.54, 1.807) is 20.8 Å². The minimum atomic E-state index is -1.53. The Labute approximate surface area is 178 Å². The normalized spacial score (nSPS) is 25.4. The molecule has 166 valence electrons. The van der Waals surface area contributed by atoms with E-state index in [1.165, 1.54) is 19.7 Å². The number of rotatable bonds is 9. The topological polar surface area (TPSA) is 92.7 Å². The SMILES string of the molecule is CNC(=O)[C@H](C(C)(C)C)[N+]1(O)C(=O)[C@@H](OC)[C@@H](CCCCCc2ccccc2)C1=O. The van der Waals surface area contributed by atoms with E-state index in [1.807, 2.05) is 18.2 Å². The number of imide groups is 1. The first-order valence-electron chi connectivity index (χ1n) is 10.6. The Morgan fingerprint density at radius 2 is 1.77 bits per heavy atom. The number of ether oxygens (including phenoxy) is 1. The van der Waals surface area contributed by atoms with Crippen molar-refractivity contribution < 1.29 is 29.0 Å². The van der Waals surface area contributed by atoms with Gasteiger partial charge < -0.3 is 10.1 Å². The quantitative estimate of drug-likeness (QED) is 0.278. The zero-order valence-electron chi connectivity index (χ0n) is 18.7. The van der Waals surface area contributed by atoms with Gasteiger partial charge in [0.1, 0.15) is 5.92 Å². The Morgan fingerprint density at radius 3 is 2.30 bits per heavy atom. The summed E-state index contributed by atoms with van der Waals surface area (Å²) < 4.78 is 3.80. The van der Waals surface area contributed by atoms with E-state index >= 15 is 0 Å². The number of amides is 3. The van der Waals surface area contributed by atoms with Gasteiger partial charge in [-0.25, -0.2) is 14.8 Å². The van der Waals surface area contributed by atoms with E-state index in [9.17, 15) is 19.6 Å². The maximum absolute atomic E-state index is 13.2. The number of hydrogen-bond donors (Lipinski definition) is 2. The van der Waals surface area contributed by atoms with Gasteiger partial charge in [0, 0.05) is 19.6 Å². The third-order valence-corrected chi connectivity index (χ3v) is 5.86. The van der Waals surface area contributed by atoms with Crippen molar-refractivity contribution in [2.24, 2.45) is 11.3 Å². The fraction of sp³-hybridized carbons (Fsp3) is 0.609. The molecule has 1 fully saturated rings. The van der Waals surface area contributed by atoms with Crippen LogP contribution in [-0.2, 0) is 25.5 Å². The Balaban J connectivity index is 2.10. The van der Waals surface area contributed by atoms with Crippen LogP contribution < -0.4 is 5.32 Å². The minimum Gasteiger partial charge on any atom is -0.366 e. The summed E-state index contributed by atoms with van der Waals surface area (Å²) in [6, 6.07) is 8.94. The minimum absolute atomic E-state index is 0.434. The number of nitrogens with zero attached hydrogens (tertiary/aromatic N) is 1. The third kappa shape index (κ3) is 4.79. The van der Waals surface area contributed by atoms with Gasteiger partial charge >= 0.3 is 11.8 Å². The standard InChI is InChI=1S/C23H34N2O5/c1-23(2,3)19(20(26)24-4)25(29)21(27)17(18(30-5)22(25)28)15-11-7-10-14-16-12-8-6-9-13-16/h6,8-9,12-13,17-19,29H,7,10-11,14-15H2,1-5H3/p+1/t17-,18+,19-,25?/m1/s1. The lowest BCUT2D eigenvalue weighted by Crippen LogP contribution is -2.67. The van der Waals surface area contributed by atoms with Crippen molar-refractivity contribution in [3.63, 3.8) is 0 Å². The van der Waals surface area contributed by atoms with E-state index < -0.39 is 45.8 Å². The zero-order chi connectivity index (χ0) is 22.5. The summed E-state index contributed by atoms with van der Waals surface area (Å²) >= 11 is 0. The molecule has 1 aliphatic rings. The second kappa shape index (κ2) is 9.81. The highest BCUT2D eigenvalue weighted by atomic mass is 16.6. The molecular formula is C23H35N2O5+. The van der Waals surface area contributed by atoms with Crippen molar-refractivity contribution in [1.82, 2.24) is 5.32 Å². The second-order valence-electron chi connectivity index (χ2n) is 9.09. The first-order valence-corrected chi connectivity index (χ1v) is 10.6. The summed E-state index contributed by atoms with van der Waals surface area (Å²) in [5, 5.41) is 13.7. The van der Waals surface area contributed by atoms with Crippen molar-refractivity contribution in [1.29, 1.82) is 0 Å². The maximum Gasteiger partial charge on any atom is 0.383 e. The summed E-state index contributed by atoms with van der Waals surface area (Å²) in [5.41, 5.74) is 0.451. The molecule has 0 bridgehead atoms. The van der Waals surface area contributed by atoms with Crippen LogP contribution in [0.3, 0.4) is 0 Å². The summed E-state index contributed by atoms with van der Waals surface area (Å²) in [6.45, 7) is 5.17. The van der Waals surface area contributed by atoms with E-state index in [0.717, 1.165) is 25.7 Å². The zero-order valence-corrected chi connectivity index (χ0v) is 18.7. The van der Waals surface area contributed by atoms with Crippen molar-refractivity contribution >= 4 is 17.7 Å². The molecule has 30 heavy (non-hydrogen) atoms. The molecule has 0 aliphatic carbocycles. The van der Waals surface area contributed by atoms with Gasteiger partial charge in [-0.2, -0.15) is 0 Å². The van der Waals surface area contributed by atoms with Crippen molar-refractivity contribution in [3.8, 4) is 0 Å². The van der Waals surface area contributed by atoms with Crippen LogP contribution in [0.1, 0.15) is 52.0 Å². The van der Waals surface area contributed by atoms with Crippen LogP contribution in [0.2, 0.25) is 0 Å². The van der Waals surface area contributed by atoms with Gasteiger partial charge in [-0.05, 0) is 29.5 Å². The molecular weight excluding hydrogens is 384 g/mol. The number of carbonyl (C=O) groups excluding carboxylic acids is 3. The number of nitrogens with one attached hydrogen (secondary N) is 1. The van der Waals surface area contributed by atoms with E-state index in [-0.39, 0.29) is 0 Å². The smallest absolute Gasteiger partial charge is 0.366 e. The average Bonchev–Trinajstić information content (AvgIpc) is 2.88. The van der Waals surface area contributed by atoms with Crippen molar-refractivity contribution in [2.75, 3.05) is 14.2 Å². The fourth-order valence-corrected chi connectivity index (χ4v) is 4.43. The Morgan fingerprint density at radius 1 is 1.13 bits per heavy atom. The summed E-state index contributed by atoms with van der Waals surface area (Å²) in [7, 11) is 2.79. The molecule has 1 unspecified atom stereocenters. The largest absolute Gasteiger partial charge is 0.383 e. The van der Waals surface area contributed by atoms with Gasteiger partial charge in [-0.15, -0.1) is 0 Å². The summed E-state index contributed by atoms with van der Waals surface area (Å²) in [5.74, 6) is -2.73. The molecule has 7 nitrogen and oxygen atoms in total. The van der Waals surface area contributed by atoms with Gasteiger partial charge in [0.05, 0.1) is 0 Å². The highest BCUT2D eigenvalue weighted by Gasteiger charge is 2.69. The van der Waals surface area contributed by atoms with Crippen molar-refractivity contribution in [2.45, 2.75) is 65.0 Å². The monoisotopic (exact) mass is 419 g/mol. The molecule has 0 saturated carbocycles. The first kappa shape index (κ1) is 24.2. The lowest BCUT2D eigenvalue weighted by molar-refractivity contribution is -0.990. The second-order valence-corrected chi connectivity index (χ2v) is 9.09. The lowest BCUT2D eigenvalue weighted by atomic mass is 9.84. The molecule has 1 aromatic rings. The number of likely N-dealkylation sites (N-methyl/N-ethyl adjacent to an activating group) is 1. The number of hydroxylamine groups is 3. The van der Waals surface area contributed by atoms with Gasteiger partial charge in [0.25, 0.3) is 5.91 Å².